The molecule has 0 aromatic heterocycles. The van der Waals surface area contributed by atoms with E-state index in [1.54, 1.807) is 30.3 Å². The van der Waals surface area contributed by atoms with Gasteiger partial charge in [0.15, 0.2) is 0 Å². The summed E-state index contributed by atoms with van der Waals surface area (Å²) in [5, 5.41) is 9.15. The van der Waals surface area contributed by atoms with Crippen LogP contribution in [0.2, 0.25) is 0 Å². The van der Waals surface area contributed by atoms with Crippen LogP contribution in [0.3, 0.4) is 0 Å². The van der Waals surface area contributed by atoms with Crippen molar-refractivity contribution in [2.24, 2.45) is 0 Å². The zero-order valence-corrected chi connectivity index (χ0v) is 12.4. The van der Waals surface area contributed by atoms with Gasteiger partial charge in [-0.25, -0.2) is 0 Å². The minimum absolute atomic E-state index is 0.473. The molecule has 2 aromatic carbocycles. The number of benzene rings is 2. The molecule has 0 atom stereocenters. The van der Waals surface area contributed by atoms with E-state index in [4.69, 9.17) is 15.7 Å². The second kappa shape index (κ2) is 6.27. The third-order valence-corrected chi connectivity index (χ3v) is 3.22. The van der Waals surface area contributed by atoms with Crippen molar-refractivity contribution in [3.05, 3.63) is 64.7 Å². The number of nitrogens with two attached hydrogens (primary N) is 1. The zero-order chi connectivity index (χ0) is 14.5. The molecule has 0 radical (unpaired) electrons. The molecule has 0 fully saturated rings. The molecule has 0 saturated carbocycles. The standard InChI is InChI=1S/C16H13BrN2O/c1-2-3-11-9-14(19)5-7-15(11)20-16-6-4-13(17)8-12(16)10-18/h2,4-9H,1,3,19H2. The summed E-state index contributed by atoms with van der Waals surface area (Å²) in [7, 11) is 0. The van der Waals surface area contributed by atoms with E-state index in [1.807, 2.05) is 12.1 Å². The van der Waals surface area contributed by atoms with Crippen molar-refractivity contribution in [3.8, 4) is 17.6 Å². The van der Waals surface area contributed by atoms with Crippen LogP contribution in [0.4, 0.5) is 5.69 Å². The van der Waals surface area contributed by atoms with Crippen molar-refractivity contribution < 1.29 is 4.74 Å². The maximum Gasteiger partial charge on any atom is 0.145 e. The van der Waals surface area contributed by atoms with Crippen molar-refractivity contribution >= 4 is 21.6 Å². The Labute approximate surface area is 126 Å². The quantitative estimate of drug-likeness (QED) is 0.667. The van der Waals surface area contributed by atoms with Crippen LogP contribution < -0.4 is 10.5 Å². The van der Waals surface area contributed by atoms with Crippen LogP contribution in [0.1, 0.15) is 11.1 Å². The number of allylic oxidation sites excluding steroid dienone is 1. The Morgan fingerprint density at radius 2 is 2.00 bits per heavy atom. The Kier molecular flexibility index (Phi) is 4.44. The molecule has 2 aromatic rings. The lowest BCUT2D eigenvalue weighted by Gasteiger charge is -2.12. The van der Waals surface area contributed by atoms with Gasteiger partial charge in [0.2, 0.25) is 0 Å². The minimum Gasteiger partial charge on any atom is -0.456 e. The molecule has 0 bridgehead atoms. The maximum atomic E-state index is 9.15. The number of hydrogen-bond donors (Lipinski definition) is 1. The Balaban J connectivity index is 2.40. The van der Waals surface area contributed by atoms with Crippen molar-refractivity contribution in [1.82, 2.24) is 0 Å². The fourth-order valence-electron chi connectivity index (χ4n) is 1.81. The van der Waals surface area contributed by atoms with Crippen molar-refractivity contribution in [1.29, 1.82) is 5.26 Å². The fourth-order valence-corrected chi connectivity index (χ4v) is 2.17. The monoisotopic (exact) mass is 328 g/mol. The van der Waals surface area contributed by atoms with Crippen LogP contribution in [-0.2, 0) is 6.42 Å². The number of nitrogens with zero attached hydrogens (tertiary/aromatic N) is 1. The molecular formula is C16H13BrN2O. The van der Waals surface area contributed by atoms with E-state index < -0.39 is 0 Å². The molecule has 2 rings (SSSR count). The lowest BCUT2D eigenvalue weighted by Crippen LogP contribution is -1.95. The highest BCUT2D eigenvalue weighted by Crippen LogP contribution is 2.31. The number of ether oxygens (including phenoxy) is 1. The lowest BCUT2D eigenvalue weighted by molar-refractivity contribution is 0.476. The van der Waals surface area contributed by atoms with Gasteiger partial charge in [-0.15, -0.1) is 6.58 Å². The fraction of sp³-hybridized carbons (Fsp3) is 0.0625. The molecule has 0 unspecified atom stereocenters. The Hall–Kier alpha value is -2.25. The van der Waals surface area contributed by atoms with Gasteiger partial charge in [0.25, 0.3) is 0 Å². The highest BCUT2D eigenvalue weighted by molar-refractivity contribution is 9.10. The summed E-state index contributed by atoms with van der Waals surface area (Å²) in [5.41, 5.74) is 7.86. The van der Waals surface area contributed by atoms with Gasteiger partial charge in [0.1, 0.15) is 17.6 Å². The second-order valence-electron chi connectivity index (χ2n) is 4.21. The van der Waals surface area contributed by atoms with Crippen LogP contribution in [0.25, 0.3) is 0 Å². The van der Waals surface area contributed by atoms with E-state index in [1.165, 1.54) is 0 Å². The first-order chi connectivity index (χ1) is 9.63. The lowest BCUT2D eigenvalue weighted by atomic mass is 10.1. The molecule has 0 amide bonds. The third kappa shape index (κ3) is 3.19. The first-order valence-corrected chi connectivity index (χ1v) is 6.80. The molecular weight excluding hydrogens is 316 g/mol. The van der Waals surface area contributed by atoms with E-state index in [-0.39, 0.29) is 0 Å². The smallest absolute Gasteiger partial charge is 0.145 e. The van der Waals surface area contributed by atoms with Gasteiger partial charge in [0.05, 0.1) is 5.56 Å². The highest BCUT2D eigenvalue weighted by Gasteiger charge is 2.09. The van der Waals surface area contributed by atoms with E-state index >= 15 is 0 Å². The topological polar surface area (TPSA) is 59.0 Å². The summed E-state index contributed by atoms with van der Waals surface area (Å²) in [5.74, 6) is 1.20. The normalized spacial score (nSPS) is 9.80. The number of nitrogen functional groups attached to an aromatic ring is 1. The molecule has 3 nitrogen and oxygen atoms in total. The second-order valence-corrected chi connectivity index (χ2v) is 5.13. The van der Waals surface area contributed by atoms with Crippen molar-refractivity contribution in [2.45, 2.75) is 6.42 Å². The highest BCUT2D eigenvalue weighted by atomic mass is 79.9. The first kappa shape index (κ1) is 14.2. The molecule has 0 saturated heterocycles. The van der Waals surface area contributed by atoms with Crippen LogP contribution in [-0.4, -0.2) is 0 Å². The van der Waals surface area contributed by atoms with Gasteiger partial charge in [-0.05, 0) is 42.8 Å². The molecule has 4 heteroatoms. The third-order valence-electron chi connectivity index (χ3n) is 2.73. The number of anilines is 1. The summed E-state index contributed by atoms with van der Waals surface area (Å²) in [4.78, 5) is 0. The Morgan fingerprint density at radius 1 is 1.25 bits per heavy atom. The van der Waals surface area contributed by atoms with Gasteiger partial charge in [-0.1, -0.05) is 22.0 Å². The molecule has 0 aliphatic heterocycles. The number of hydrogen-bond acceptors (Lipinski definition) is 3. The van der Waals surface area contributed by atoms with Crippen LogP contribution in [0, 0.1) is 11.3 Å². The van der Waals surface area contributed by atoms with Crippen molar-refractivity contribution in [2.75, 3.05) is 5.73 Å². The molecule has 0 spiro atoms. The summed E-state index contributed by atoms with van der Waals surface area (Å²) < 4.78 is 6.69. The number of nitriles is 1. The summed E-state index contributed by atoms with van der Waals surface area (Å²) in [6.45, 7) is 3.72. The molecule has 0 aliphatic rings. The molecule has 0 heterocycles. The van der Waals surface area contributed by atoms with E-state index in [9.17, 15) is 0 Å². The zero-order valence-electron chi connectivity index (χ0n) is 10.8. The first-order valence-electron chi connectivity index (χ1n) is 6.01. The Morgan fingerprint density at radius 3 is 2.70 bits per heavy atom. The molecule has 2 N–H and O–H groups in total. The number of halogens is 1. The maximum absolute atomic E-state index is 9.15. The van der Waals surface area contributed by atoms with E-state index in [0.29, 0.717) is 29.2 Å². The SMILES string of the molecule is C=CCc1cc(N)ccc1Oc1ccc(Br)cc1C#N. The van der Waals surface area contributed by atoms with E-state index in [0.717, 1.165) is 10.0 Å². The summed E-state index contributed by atoms with van der Waals surface area (Å²) >= 11 is 3.33. The van der Waals surface area contributed by atoms with Crippen LogP contribution in [0.5, 0.6) is 11.5 Å². The van der Waals surface area contributed by atoms with E-state index in [2.05, 4.69) is 28.6 Å². The minimum atomic E-state index is 0.473. The van der Waals surface area contributed by atoms with Gasteiger partial charge >= 0.3 is 0 Å². The van der Waals surface area contributed by atoms with Gasteiger partial charge < -0.3 is 10.5 Å². The molecule has 100 valence electrons. The average molecular weight is 329 g/mol. The van der Waals surface area contributed by atoms with Gasteiger partial charge in [0, 0.05) is 15.7 Å². The number of rotatable bonds is 4. The molecule has 0 aliphatic carbocycles. The predicted octanol–water partition coefficient (Wildman–Crippen LogP) is 4.42. The Bertz CT molecular complexity index is 689. The predicted molar refractivity (Wildman–Crippen MR) is 83.7 cm³/mol. The van der Waals surface area contributed by atoms with Crippen LogP contribution >= 0.6 is 15.9 Å². The van der Waals surface area contributed by atoms with Crippen molar-refractivity contribution in [3.63, 3.8) is 0 Å². The molecule has 20 heavy (non-hydrogen) atoms. The summed E-state index contributed by atoms with van der Waals surface area (Å²) in [6, 6.07) is 12.9. The average Bonchev–Trinajstić information content (AvgIpc) is 2.43. The van der Waals surface area contributed by atoms with Gasteiger partial charge in [-0.2, -0.15) is 5.26 Å². The van der Waals surface area contributed by atoms with Gasteiger partial charge in [-0.3, -0.25) is 0 Å². The van der Waals surface area contributed by atoms with Crippen LogP contribution in [0.15, 0.2) is 53.5 Å². The summed E-state index contributed by atoms with van der Waals surface area (Å²) in [6.07, 6.45) is 2.44. The largest absolute Gasteiger partial charge is 0.456 e.